The topological polar surface area (TPSA) is 81.2 Å². The number of aliphatic hydroxyl groups excluding tert-OH is 1. The highest BCUT2D eigenvalue weighted by molar-refractivity contribution is 8.02. The lowest BCUT2D eigenvalue weighted by Crippen LogP contribution is -2.61. The van der Waals surface area contributed by atoms with Gasteiger partial charge in [0.15, 0.2) is 0 Å². The van der Waals surface area contributed by atoms with Crippen LogP contribution in [-0.4, -0.2) is 91.4 Å². The van der Waals surface area contributed by atoms with Crippen molar-refractivity contribution < 1.29 is 19.5 Å². The number of aliphatic hydroxyl groups is 1. The predicted octanol–water partition coefficient (Wildman–Crippen LogP) is 3.72. The van der Waals surface area contributed by atoms with E-state index in [1.807, 2.05) is 37.8 Å². The highest BCUT2D eigenvalue weighted by Crippen LogP contribution is 2.66. The first-order chi connectivity index (χ1) is 17.5. The van der Waals surface area contributed by atoms with Gasteiger partial charge in [-0.25, -0.2) is 0 Å². The minimum absolute atomic E-state index is 0.000138. The fourth-order valence-corrected chi connectivity index (χ4v) is 9.84. The molecule has 38 heavy (non-hydrogen) atoms. The molecule has 0 aromatic heterocycles. The van der Waals surface area contributed by atoms with Crippen molar-refractivity contribution >= 4 is 29.5 Å². The number of thioether (sulfide) groups is 1. The van der Waals surface area contributed by atoms with Crippen LogP contribution in [-0.2, 0) is 14.4 Å². The van der Waals surface area contributed by atoms with Gasteiger partial charge in [-0.05, 0) is 38.5 Å². The normalized spacial score (nSPS) is 35.2. The summed E-state index contributed by atoms with van der Waals surface area (Å²) in [6.07, 6.45) is 9.77. The lowest BCUT2D eigenvalue weighted by atomic mass is 9.74. The van der Waals surface area contributed by atoms with Crippen LogP contribution in [0.5, 0.6) is 0 Å². The summed E-state index contributed by atoms with van der Waals surface area (Å²) in [5, 5.41) is 10.6. The van der Waals surface area contributed by atoms with Crippen LogP contribution in [0.15, 0.2) is 24.3 Å². The van der Waals surface area contributed by atoms with E-state index in [0.717, 1.165) is 12.8 Å². The SMILES string of the molecule is CC[C@H](C)[C@H](CO)N1C(=O)[C@@H]2[C@H]3C(=O)N(C)CC=C[C@@]3(C)S[C@@]23C=CCN(C(C)(C)CC(C)(C)C)C(=O)C13. The molecule has 4 rings (SSSR count). The number of hydrogen-bond donors (Lipinski definition) is 1. The molecule has 2 fully saturated rings. The fraction of sp³-hybridized carbons (Fsp3) is 0.767. The van der Waals surface area contributed by atoms with Gasteiger partial charge in [-0.1, -0.05) is 65.3 Å². The van der Waals surface area contributed by atoms with Crippen LogP contribution >= 0.6 is 11.8 Å². The first-order valence-electron chi connectivity index (χ1n) is 14.1. The van der Waals surface area contributed by atoms with Crippen molar-refractivity contribution in [1.29, 1.82) is 0 Å². The molecule has 3 amide bonds. The van der Waals surface area contributed by atoms with Crippen LogP contribution in [0.4, 0.5) is 0 Å². The zero-order chi connectivity index (χ0) is 28.4. The number of likely N-dealkylation sites (tertiary alicyclic amines) is 1. The van der Waals surface area contributed by atoms with E-state index in [4.69, 9.17) is 0 Å². The second-order valence-corrected chi connectivity index (χ2v) is 15.7. The van der Waals surface area contributed by atoms with Crippen molar-refractivity contribution in [3.8, 4) is 0 Å². The summed E-state index contributed by atoms with van der Waals surface area (Å²) in [6, 6.07) is -1.28. The molecule has 4 aliphatic rings. The minimum atomic E-state index is -0.890. The van der Waals surface area contributed by atoms with E-state index in [2.05, 4.69) is 46.8 Å². The second-order valence-electron chi connectivity index (χ2n) is 13.9. The molecule has 0 saturated carbocycles. The molecule has 1 spiro atoms. The summed E-state index contributed by atoms with van der Waals surface area (Å²) >= 11 is 1.60. The van der Waals surface area contributed by atoms with Gasteiger partial charge in [0.2, 0.25) is 17.7 Å². The maximum atomic E-state index is 14.8. The predicted molar refractivity (Wildman–Crippen MR) is 152 cm³/mol. The second kappa shape index (κ2) is 9.69. The fourth-order valence-electron chi connectivity index (χ4n) is 7.69. The highest BCUT2D eigenvalue weighted by Gasteiger charge is 2.74. The Hall–Kier alpha value is -1.80. The Kier molecular flexibility index (Phi) is 7.44. The van der Waals surface area contributed by atoms with Gasteiger partial charge in [0, 0.05) is 30.4 Å². The van der Waals surface area contributed by atoms with Gasteiger partial charge in [-0.3, -0.25) is 14.4 Å². The number of likely N-dealkylation sites (N-methyl/N-ethyl adjacent to an activating group) is 1. The Bertz CT molecular complexity index is 1050. The number of carbonyl (C=O) groups excluding carboxylic acids is 3. The molecular weight excluding hydrogens is 498 g/mol. The Balaban J connectivity index is 1.91. The number of hydrogen-bond acceptors (Lipinski definition) is 5. The molecule has 1 N–H and O–H groups in total. The van der Waals surface area contributed by atoms with Crippen molar-refractivity contribution in [2.75, 3.05) is 26.7 Å². The first kappa shape index (κ1) is 29.2. The van der Waals surface area contributed by atoms with Gasteiger partial charge in [0.05, 0.1) is 29.2 Å². The smallest absolute Gasteiger partial charge is 0.247 e. The van der Waals surface area contributed by atoms with Crippen molar-refractivity contribution in [3.05, 3.63) is 24.3 Å². The molecule has 8 heteroatoms. The van der Waals surface area contributed by atoms with E-state index in [-0.39, 0.29) is 35.7 Å². The van der Waals surface area contributed by atoms with Gasteiger partial charge in [-0.2, -0.15) is 0 Å². The van der Waals surface area contributed by atoms with Gasteiger partial charge in [0.1, 0.15) is 6.04 Å². The molecule has 0 bridgehead atoms. The van der Waals surface area contributed by atoms with Gasteiger partial charge >= 0.3 is 0 Å². The summed E-state index contributed by atoms with van der Waals surface area (Å²) in [4.78, 5) is 48.5. The van der Waals surface area contributed by atoms with Crippen LogP contribution < -0.4 is 0 Å². The number of amides is 3. The highest BCUT2D eigenvalue weighted by atomic mass is 32.2. The lowest BCUT2D eigenvalue weighted by molar-refractivity contribution is -0.150. The molecule has 212 valence electrons. The standard InChI is InChI=1S/C30H47N3O4S/c1-10-19(2)20(17-34)33-23-26(37)32(28(6,7)18-27(3,4)5)16-12-14-30(23)22(25(33)36)21-24(35)31(9)15-11-13-29(21,8)38-30/h11-14,19-23,34H,10,15-18H2,1-9H3/t19-,20-,21-,22-,23?,29+,30-/m0/s1. The van der Waals surface area contributed by atoms with Gasteiger partial charge < -0.3 is 19.8 Å². The Morgan fingerprint density at radius 1 is 1.03 bits per heavy atom. The molecule has 0 radical (unpaired) electrons. The van der Waals surface area contributed by atoms with Gasteiger partial charge in [0.25, 0.3) is 0 Å². The third kappa shape index (κ3) is 4.43. The Labute approximate surface area is 233 Å². The van der Waals surface area contributed by atoms with Crippen molar-refractivity contribution in [1.82, 2.24) is 14.7 Å². The van der Waals surface area contributed by atoms with E-state index >= 15 is 0 Å². The van der Waals surface area contributed by atoms with E-state index in [1.165, 1.54) is 0 Å². The molecule has 0 aromatic rings. The third-order valence-corrected chi connectivity index (χ3v) is 11.0. The lowest BCUT2D eigenvalue weighted by Gasteiger charge is -2.46. The summed E-state index contributed by atoms with van der Waals surface area (Å²) in [5.41, 5.74) is -0.448. The van der Waals surface area contributed by atoms with Crippen molar-refractivity contribution in [2.24, 2.45) is 23.2 Å². The van der Waals surface area contributed by atoms with Crippen LogP contribution in [0.2, 0.25) is 0 Å². The number of carbonyl (C=O) groups is 3. The molecule has 1 unspecified atom stereocenters. The maximum Gasteiger partial charge on any atom is 0.247 e. The Morgan fingerprint density at radius 2 is 1.66 bits per heavy atom. The maximum absolute atomic E-state index is 14.8. The number of nitrogens with zero attached hydrogens (tertiary/aromatic N) is 3. The summed E-state index contributed by atoms with van der Waals surface area (Å²) in [5.74, 6) is -1.58. The molecule has 7 atom stereocenters. The van der Waals surface area contributed by atoms with Crippen LogP contribution in [0.25, 0.3) is 0 Å². The number of fused-ring (bicyclic) bond motifs is 2. The minimum Gasteiger partial charge on any atom is -0.394 e. The van der Waals surface area contributed by atoms with E-state index in [1.54, 1.807) is 28.6 Å². The van der Waals surface area contributed by atoms with Gasteiger partial charge in [-0.15, -0.1) is 11.8 Å². The summed E-state index contributed by atoms with van der Waals surface area (Å²) < 4.78 is -1.50. The molecule has 0 aromatic carbocycles. The number of rotatable bonds is 6. The van der Waals surface area contributed by atoms with Crippen LogP contribution in [0, 0.1) is 23.2 Å². The van der Waals surface area contributed by atoms with Crippen LogP contribution in [0.1, 0.15) is 68.2 Å². The van der Waals surface area contributed by atoms with Crippen molar-refractivity contribution in [3.63, 3.8) is 0 Å². The molecule has 7 nitrogen and oxygen atoms in total. The van der Waals surface area contributed by atoms with Crippen LogP contribution in [0.3, 0.4) is 0 Å². The molecule has 4 heterocycles. The Morgan fingerprint density at radius 3 is 2.24 bits per heavy atom. The molecular formula is C30H47N3O4S. The van der Waals surface area contributed by atoms with E-state index < -0.39 is 39.0 Å². The quantitative estimate of drug-likeness (QED) is 0.515. The van der Waals surface area contributed by atoms with E-state index in [9.17, 15) is 19.5 Å². The van der Waals surface area contributed by atoms with E-state index in [0.29, 0.717) is 13.1 Å². The van der Waals surface area contributed by atoms with Crippen molar-refractivity contribution in [2.45, 2.75) is 95.3 Å². The average Bonchev–Trinajstić information content (AvgIpc) is 3.07. The third-order valence-electron chi connectivity index (χ3n) is 9.24. The molecule has 2 saturated heterocycles. The summed E-state index contributed by atoms with van der Waals surface area (Å²) in [6.45, 7) is 17.6. The summed E-state index contributed by atoms with van der Waals surface area (Å²) in [7, 11) is 1.78. The zero-order valence-electron chi connectivity index (χ0n) is 24.7. The molecule has 0 aliphatic carbocycles. The zero-order valence-corrected chi connectivity index (χ0v) is 25.5. The molecule has 4 aliphatic heterocycles. The average molecular weight is 546 g/mol. The largest absolute Gasteiger partial charge is 0.394 e. The first-order valence-corrected chi connectivity index (χ1v) is 14.9. The monoisotopic (exact) mass is 545 g/mol.